The molecule has 0 saturated carbocycles. The molecule has 1 aliphatic heterocycles. The fourth-order valence-corrected chi connectivity index (χ4v) is 3.64. The second-order valence-corrected chi connectivity index (χ2v) is 7.76. The minimum Gasteiger partial charge on any atom is -0.490 e. The Bertz CT molecular complexity index is 1120. The number of hydrogen-bond donors (Lipinski definition) is 0. The van der Waals surface area contributed by atoms with Crippen LogP contribution in [0.25, 0.3) is 6.08 Å². The van der Waals surface area contributed by atoms with Gasteiger partial charge in [0.25, 0.3) is 0 Å². The number of ether oxygens (including phenoxy) is 3. The Kier molecular flexibility index (Phi) is 5.95. The van der Waals surface area contributed by atoms with E-state index in [-0.39, 0.29) is 5.70 Å². The highest BCUT2D eigenvalue weighted by atomic mass is 32.1. The van der Waals surface area contributed by atoms with Crippen molar-refractivity contribution in [3.05, 3.63) is 87.2 Å². The van der Waals surface area contributed by atoms with Gasteiger partial charge < -0.3 is 14.2 Å². The van der Waals surface area contributed by atoms with Crippen LogP contribution in [0.15, 0.2) is 70.7 Å². The number of hydrogen-bond acceptors (Lipinski definition) is 6. The molecule has 0 radical (unpaired) electrons. The molecule has 0 amide bonds. The highest BCUT2D eigenvalue weighted by molar-refractivity contribution is 7.12. The van der Waals surface area contributed by atoms with Gasteiger partial charge in [0.2, 0.25) is 5.90 Å². The van der Waals surface area contributed by atoms with Crippen molar-refractivity contribution < 1.29 is 19.0 Å². The number of para-hydroxylation sites is 1. The van der Waals surface area contributed by atoms with E-state index in [4.69, 9.17) is 14.2 Å². The Morgan fingerprint density at radius 3 is 2.57 bits per heavy atom. The van der Waals surface area contributed by atoms with E-state index in [0.29, 0.717) is 24.9 Å². The molecule has 1 aliphatic rings. The lowest BCUT2D eigenvalue weighted by Crippen LogP contribution is -2.10. The number of carbonyl (C=O) groups is 1. The summed E-state index contributed by atoms with van der Waals surface area (Å²) in [5.74, 6) is 1.38. The van der Waals surface area contributed by atoms with Crippen molar-refractivity contribution in [2.45, 2.75) is 13.8 Å². The van der Waals surface area contributed by atoms with E-state index in [1.807, 2.05) is 73.8 Å². The summed E-state index contributed by atoms with van der Waals surface area (Å²) in [5.41, 5.74) is 3.16. The van der Waals surface area contributed by atoms with Crippen LogP contribution in [-0.4, -0.2) is 25.1 Å². The van der Waals surface area contributed by atoms with E-state index >= 15 is 0 Å². The summed E-state index contributed by atoms with van der Waals surface area (Å²) in [6, 6.07) is 17.4. The third-order valence-corrected chi connectivity index (χ3v) is 5.36. The molecule has 0 bridgehead atoms. The lowest BCUT2D eigenvalue weighted by atomic mass is 10.1. The van der Waals surface area contributed by atoms with E-state index in [0.717, 1.165) is 27.3 Å². The first-order valence-electron chi connectivity index (χ1n) is 9.58. The molecule has 2 aromatic carbocycles. The van der Waals surface area contributed by atoms with Crippen LogP contribution in [0.4, 0.5) is 0 Å². The van der Waals surface area contributed by atoms with Gasteiger partial charge in [-0.3, -0.25) is 0 Å². The standard InChI is InChI=1S/C24H21NO4S/c1-16-9-10-21(28-12-11-27-20-7-4-3-6-17(20)2)18(14-16)15-19-24(26)29-23(25-19)22-8-5-13-30-22/h3-10,13-15H,11-12H2,1-2H3/b19-15-. The summed E-state index contributed by atoms with van der Waals surface area (Å²) < 4.78 is 17.0. The number of benzene rings is 2. The van der Waals surface area contributed by atoms with Gasteiger partial charge in [-0.05, 0) is 55.1 Å². The zero-order valence-corrected chi connectivity index (χ0v) is 17.6. The molecule has 0 unspecified atom stereocenters. The topological polar surface area (TPSA) is 57.1 Å². The number of aryl methyl sites for hydroxylation is 2. The monoisotopic (exact) mass is 419 g/mol. The Labute approximate surface area is 179 Å². The second kappa shape index (κ2) is 8.97. The first kappa shape index (κ1) is 19.9. The predicted molar refractivity (Wildman–Crippen MR) is 118 cm³/mol. The van der Waals surface area contributed by atoms with E-state index in [1.165, 1.54) is 11.3 Å². The Balaban J connectivity index is 1.48. The van der Waals surface area contributed by atoms with Crippen LogP contribution in [0.3, 0.4) is 0 Å². The lowest BCUT2D eigenvalue weighted by Gasteiger charge is -2.12. The van der Waals surface area contributed by atoms with Crippen molar-refractivity contribution >= 4 is 29.3 Å². The fourth-order valence-electron chi connectivity index (χ4n) is 3.00. The SMILES string of the molecule is Cc1ccc(OCCOc2ccccc2C)c(/C=C2\N=C(c3cccs3)OC2=O)c1. The number of cyclic esters (lactones) is 1. The van der Waals surface area contributed by atoms with E-state index in [9.17, 15) is 4.79 Å². The van der Waals surface area contributed by atoms with E-state index < -0.39 is 5.97 Å². The van der Waals surface area contributed by atoms with Crippen LogP contribution in [0.5, 0.6) is 11.5 Å². The van der Waals surface area contributed by atoms with Gasteiger partial charge in [-0.25, -0.2) is 9.79 Å². The van der Waals surface area contributed by atoms with E-state index in [1.54, 1.807) is 6.08 Å². The maximum atomic E-state index is 12.3. The largest absolute Gasteiger partial charge is 0.490 e. The molecule has 0 aliphatic carbocycles. The molecule has 1 aromatic heterocycles. The Morgan fingerprint density at radius 2 is 1.80 bits per heavy atom. The van der Waals surface area contributed by atoms with Gasteiger partial charge in [0.1, 0.15) is 24.7 Å². The molecule has 0 N–H and O–H groups in total. The number of carbonyl (C=O) groups excluding carboxylic acids is 1. The summed E-state index contributed by atoms with van der Waals surface area (Å²) in [7, 11) is 0. The van der Waals surface area contributed by atoms with Crippen LogP contribution < -0.4 is 9.47 Å². The zero-order chi connectivity index (χ0) is 20.9. The number of thiophene rings is 1. The van der Waals surface area contributed by atoms with Crippen molar-refractivity contribution in [3.63, 3.8) is 0 Å². The molecule has 0 fully saturated rings. The summed E-state index contributed by atoms with van der Waals surface area (Å²) >= 11 is 1.48. The molecule has 4 rings (SSSR count). The van der Waals surface area contributed by atoms with Crippen molar-refractivity contribution in [1.29, 1.82) is 0 Å². The first-order chi connectivity index (χ1) is 14.6. The minimum atomic E-state index is -0.464. The van der Waals surface area contributed by atoms with Gasteiger partial charge in [0.05, 0.1) is 4.88 Å². The lowest BCUT2D eigenvalue weighted by molar-refractivity contribution is -0.129. The summed E-state index contributed by atoms with van der Waals surface area (Å²) in [6.07, 6.45) is 1.70. The highest BCUT2D eigenvalue weighted by Gasteiger charge is 2.25. The van der Waals surface area contributed by atoms with Crippen LogP contribution in [0.2, 0.25) is 0 Å². The van der Waals surface area contributed by atoms with Crippen molar-refractivity contribution in [3.8, 4) is 11.5 Å². The molecule has 0 atom stereocenters. The van der Waals surface area contributed by atoms with Gasteiger partial charge >= 0.3 is 5.97 Å². The average Bonchev–Trinajstić information content (AvgIpc) is 3.38. The third kappa shape index (κ3) is 4.60. The summed E-state index contributed by atoms with van der Waals surface area (Å²) in [6.45, 7) is 4.78. The molecule has 2 heterocycles. The highest BCUT2D eigenvalue weighted by Crippen LogP contribution is 2.27. The van der Waals surface area contributed by atoms with Gasteiger partial charge in [-0.15, -0.1) is 11.3 Å². The molecule has 5 nitrogen and oxygen atoms in total. The number of nitrogens with zero attached hydrogens (tertiary/aromatic N) is 1. The Hall–Kier alpha value is -3.38. The summed E-state index contributed by atoms with van der Waals surface area (Å²) in [4.78, 5) is 17.4. The van der Waals surface area contributed by atoms with Gasteiger partial charge in [-0.2, -0.15) is 0 Å². The number of aliphatic imine (C=N–C) groups is 1. The first-order valence-corrected chi connectivity index (χ1v) is 10.5. The van der Waals surface area contributed by atoms with Crippen molar-refractivity contribution in [1.82, 2.24) is 0 Å². The second-order valence-electron chi connectivity index (χ2n) is 6.82. The number of rotatable bonds is 7. The maximum Gasteiger partial charge on any atom is 0.363 e. The number of esters is 1. The smallest absolute Gasteiger partial charge is 0.363 e. The molecular weight excluding hydrogens is 398 g/mol. The molecule has 0 saturated heterocycles. The quantitative estimate of drug-likeness (QED) is 0.301. The molecule has 3 aromatic rings. The average molecular weight is 420 g/mol. The van der Waals surface area contributed by atoms with Gasteiger partial charge in [0.15, 0.2) is 5.70 Å². The maximum absolute atomic E-state index is 12.3. The van der Waals surface area contributed by atoms with Gasteiger partial charge in [-0.1, -0.05) is 35.9 Å². The van der Waals surface area contributed by atoms with Crippen LogP contribution in [0.1, 0.15) is 21.6 Å². The van der Waals surface area contributed by atoms with E-state index in [2.05, 4.69) is 4.99 Å². The van der Waals surface area contributed by atoms with Crippen molar-refractivity contribution in [2.75, 3.05) is 13.2 Å². The predicted octanol–water partition coefficient (Wildman–Crippen LogP) is 5.17. The molecule has 6 heteroatoms. The van der Waals surface area contributed by atoms with Crippen LogP contribution in [-0.2, 0) is 9.53 Å². The van der Waals surface area contributed by atoms with Gasteiger partial charge in [0, 0.05) is 5.56 Å². The molecule has 152 valence electrons. The normalized spacial score (nSPS) is 14.5. The zero-order valence-electron chi connectivity index (χ0n) is 16.8. The fraction of sp³-hybridized carbons (Fsp3) is 0.167. The van der Waals surface area contributed by atoms with Crippen molar-refractivity contribution in [2.24, 2.45) is 4.99 Å². The summed E-state index contributed by atoms with van der Waals surface area (Å²) in [5, 5.41) is 1.92. The van der Waals surface area contributed by atoms with Crippen LogP contribution >= 0.6 is 11.3 Å². The molecular formula is C24H21NO4S. The molecule has 0 spiro atoms. The Morgan fingerprint density at radius 1 is 1.00 bits per heavy atom. The minimum absolute atomic E-state index is 0.255. The molecule has 30 heavy (non-hydrogen) atoms. The van der Waals surface area contributed by atoms with Crippen LogP contribution in [0, 0.1) is 13.8 Å². The third-order valence-electron chi connectivity index (χ3n) is 4.50.